The first-order valence-electron chi connectivity index (χ1n) is 6.96. The van der Waals surface area contributed by atoms with Crippen LogP contribution in [0.3, 0.4) is 0 Å². The third kappa shape index (κ3) is 3.80. The zero-order valence-electron chi connectivity index (χ0n) is 10.8. The Kier molecular flexibility index (Phi) is 5.01. The van der Waals surface area contributed by atoms with E-state index in [9.17, 15) is 4.79 Å². The number of likely N-dealkylation sites (tertiary alicyclic amines) is 1. The maximum atomic E-state index is 12.0. The van der Waals surface area contributed by atoms with Gasteiger partial charge in [-0.3, -0.25) is 0 Å². The highest BCUT2D eigenvalue weighted by molar-refractivity contribution is 7.99. The first-order valence-corrected chi connectivity index (χ1v) is 8.01. The molecule has 2 atom stereocenters. The summed E-state index contributed by atoms with van der Waals surface area (Å²) in [6, 6.07) is 0.602. The molecule has 1 heterocycles. The molecule has 2 rings (SSSR count). The van der Waals surface area contributed by atoms with Gasteiger partial charge in [-0.05, 0) is 44.3 Å². The lowest BCUT2D eigenvalue weighted by atomic mass is 10.1. The minimum atomic E-state index is 0.178. The molecule has 1 N–H and O–H groups in total. The summed E-state index contributed by atoms with van der Waals surface area (Å²) in [7, 11) is 0. The molecule has 3 nitrogen and oxygen atoms in total. The Morgan fingerprint density at radius 1 is 1.29 bits per heavy atom. The van der Waals surface area contributed by atoms with Crippen LogP contribution in [0.4, 0.5) is 4.79 Å². The van der Waals surface area contributed by atoms with Gasteiger partial charge in [0, 0.05) is 24.4 Å². The molecule has 2 fully saturated rings. The number of amides is 2. The lowest BCUT2D eigenvalue weighted by Crippen LogP contribution is -2.46. The third-order valence-electron chi connectivity index (χ3n) is 3.76. The van der Waals surface area contributed by atoms with Gasteiger partial charge in [-0.2, -0.15) is 11.8 Å². The maximum absolute atomic E-state index is 12.0. The lowest BCUT2D eigenvalue weighted by molar-refractivity contribution is 0.182. The van der Waals surface area contributed by atoms with Crippen LogP contribution in [0.25, 0.3) is 0 Å². The molecular formula is C13H24N2OS. The Morgan fingerprint density at radius 2 is 2.06 bits per heavy atom. The molecule has 1 aliphatic heterocycles. The second-order valence-corrected chi connectivity index (χ2v) is 6.66. The molecule has 0 aromatic carbocycles. The van der Waals surface area contributed by atoms with Gasteiger partial charge in [0.25, 0.3) is 0 Å². The van der Waals surface area contributed by atoms with Crippen LogP contribution in [0.1, 0.15) is 45.4 Å². The molecule has 1 aliphatic carbocycles. The first-order chi connectivity index (χ1) is 8.29. The normalized spacial score (nSPS) is 29.4. The molecule has 0 aromatic heterocycles. The van der Waals surface area contributed by atoms with Gasteiger partial charge in [0.05, 0.1) is 0 Å². The number of nitrogens with one attached hydrogen (secondary N) is 1. The van der Waals surface area contributed by atoms with Gasteiger partial charge in [-0.25, -0.2) is 4.79 Å². The Bertz CT molecular complexity index is 254. The van der Waals surface area contributed by atoms with E-state index in [0.29, 0.717) is 6.04 Å². The predicted molar refractivity (Wildman–Crippen MR) is 73.5 cm³/mol. The van der Waals surface area contributed by atoms with Crippen LogP contribution >= 0.6 is 11.8 Å². The highest BCUT2D eigenvalue weighted by atomic mass is 32.2. The van der Waals surface area contributed by atoms with Gasteiger partial charge in [-0.15, -0.1) is 0 Å². The van der Waals surface area contributed by atoms with Crippen LogP contribution in [0.5, 0.6) is 0 Å². The van der Waals surface area contributed by atoms with Gasteiger partial charge in [0.15, 0.2) is 0 Å². The molecule has 2 aliphatic rings. The monoisotopic (exact) mass is 256 g/mol. The van der Waals surface area contributed by atoms with Gasteiger partial charge in [0.1, 0.15) is 0 Å². The molecular weight excluding hydrogens is 232 g/mol. The molecule has 0 radical (unpaired) electrons. The van der Waals surface area contributed by atoms with Crippen LogP contribution < -0.4 is 5.32 Å². The van der Waals surface area contributed by atoms with Crippen molar-refractivity contribution in [2.24, 2.45) is 0 Å². The average Bonchev–Trinajstić information content (AvgIpc) is 2.78. The van der Waals surface area contributed by atoms with Crippen molar-refractivity contribution in [3.8, 4) is 0 Å². The SMILES string of the molecule is CCSC1CCC(NC(=O)N2CCCCC2)C1. The minimum Gasteiger partial charge on any atom is -0.335 e. The maximum Gasteiger partial charge on any atom is 0.317 e. The van der Waals surface area contributed by atoms with Crippen LogP contribution in [-0.4, -0.2) is 41.1 Å². The molecule has 2 unspecified atom stereocenters. The van der Waals surface area contributed by atoms with Crippen LogP contribution in [0.15, 0.2) is 0 Å². The lowest BCUT2D eigenvalue weighted by Gasteiger charge is -2.28. The molecule has 4 heteroatoms. The van der Waals surface area contributed by atoms with Crippen molar-refractivity contribution in [3.63, 3.8) is 0 Å². The largest absolute Gasteiger partial charge is 0.335 e. The molecule has 1 saturated carbocycles. The summed E-state index contributed by atoms with van der Waals surface area (Å²) in [5.41, 5.74) is 0. The Hall–Kier alpha value is -0.380. The van der Waals surface area contributed by atoms with Gasteiger partial charge >= 0.3 is 6.03 Å². The first kappa shape index (κ1) is 13.1. The minimum absolute atomic E-state index is 0.178. The fourth-order valence-corrected chi connectivity index (χ4v) is 3.96. The quantitative estimate of drug-likeness (QED) is 0.842. The molecule has 0 bridgehead atoms. The Labute approximate surface area is 109 Å². The van der Waals surface area contributed by atoms with Crippen molar-refractivity contribution in [2.75, 3.05) is 18.8 Å². The topological polar surface area (TPSA) is 32.3 Å². The molecule has 17 heavy (non-hydrogen) atoms. The van der Waals surface area contributed by atoms with Crippen LogP contribution in [0.2, 0.25) is 0 Å². The van der Waals surface area contributed by atoms with E-state index in [1.54, 1.807) is 0 Å². The number of hydrogen-bond acceptors (Lipinski definition) is 2. The summed E-state index contributed by atoms with van der Waals surface area (Å²) in [6.07, 6.45) is 7.22. The van der Waals surface area contributed by atoms with E-state index in [1.165, 1.54) is 31.4 Å². The highest BCUT2D eigenvalue weighted by Crippen LogP contribution is 2.29. The average molecular weight is 256 g/mol. The van der Waals surface area contributed by atoms with Gasteiger partial charge in [-0.1, -0.05) is 6.92 Å². The fraction of sp³-hybridized carbons (Fsp3) is 0.923. The standard InChI is InChI=1S/C13H24N2OS/c1-2-17-12-7-6-11(10-12)14-13(16)15-8-4-3-5-9-15/h11-12H,2-10H2,1H3,(H,14,16). The number of hydrogen-bond donors (Lipinski definition) is 1. The molecule has 98 valence electrons. The molecule has 1 saturated heterocycles. The summed E-state index contributed by atoms with van der Waals surface area (Å²) in [6.45, 7) is 4.11. The number of carbonyl (C=O) groups is 1. The summed E-state index contributed by atoms with van der Waals surface area (Å²) in [5, 5.41) is 3.98. The zero-order valence-corrected chi connectivity index (χ0v) is 11.6. The van der Waals surface area contributed by atoms with E-state index in [-0.39, 0.29) is 6.03 Å². The Balaban J connectivity index is 1.71. The summed E-state index contributed by atoms with van der Waals surface area (Å²) in [4.78, 5) is 14.0. The highest BCUT2D eigenvalue weighted by Gasteiger charge is 2.27. The van der Waals surface area contributed by atoms with Crippen molar-refractivity contribution in [1.82, 2.24) is 10.2 Å². The van der Waals surface area contributed by atoms with Gasteiger partial charge < -0.3 is 10.2 Å². The van der Waals surface area contributed by atoms with Crippen LogP contribution in [-0.2, 0) is 0 Å². The summed E-state index contributed by atoms with van der Waals surface area (Å²) >= 11 is 2.04. The van der Waals surface area contributed by atoms with Crippen LogP contribution in [0, 0.1) is 0 Å². The second kappa shape index (κ2) is 6.53. The number of thioether (sulfide) groups is 1. The number of rotatable bonds is 3. The zero-order chi connectivity index (χ0) is 12.1. The van der Waals surface area contributed by atoms with E-state index in [1.807, 2.05) is 16.7 Å². The van der Waals surface area contributed by atoms with Crippen molar-refractivity contribution in [2.45, 2.75) is 56.7 Å². The molecule has 2 amide bonds. The number of piperidine rings is 1. The van der Waals surface area contributed by atoms with Crippen molar-refractivity contribution in [3.05, 3.63) is 0 Å². The fourth-order valence-electron chi connectivity index (χ4n) is 2.82. The van der Waals surface area contributed by atoms with E-state index < -0.39 is 0 Å². The summed E-state index contributed by atoms with van der Waals surface area (Å²) < 4.78 is 0. The second-order valence-electron chi connectivity index (χ2n) is 5.08. The van der Waals surface area contributed by atoms with Crippen molar-refractivity contribution < 1.29 is 4.79 Å². The van der Waals surface area contributed by atoms with E-state index in [0.717, 1.165) is 31.2 Å². The third-order valence-corrected chi connectivity index (χ3v) is 4.99. The number of carbonyl (C=O) groups excluding carboxylic acids is 1. The smallest absolute Gasteiger partial charge is 0.317 e. The molecule has 0 spiro atoms. The van der Waals surface area contributed by atoms with E-state index >= 15 is 0 Å². The number of nitrogens with zero attached hydrogens (tertiary/aromatic N) is 1. The Morgan fingerprint density at radius 3 is 2.76 bits per heavy atom. The van der Waals surface area contributed by atoms with E-state index in [2.05, 4.69) is 12.2 Å². The number of urea groups is 1. The summed E-state index contributed by atoms with van der Waals surface area (Å²) in [5.74, 6) is 1.19. The van der Waals surface area contributed by atoms with Gasteiger partial charge in [0.2, 0.25) is 0 Å². The molecule has 0 aromatic rings. The van der Waals surface area contributed by atoms with E-state index in [4.69, 9.17) is 0 Å². The van der Waals surface area contributed by atoms with Crippen molar-refractivity contribution >= 4 is 17.8 Å². The predicted octanol–water partition coefficient (Wildman–Crippen LogP) is 2.86. The van der Waals surface area contributed by atoms with Crippen molar-refractivity contribution in [1.29, 1.82) is 0 Å².